The van der Waals surface area contributed by atoms with Crippen LogP contribution in [0.4, 0.5) is 5.82 Å². The summed E-state index contributed by atoms with van der Waals surface area (Å²) in [4.78, 5) is 16.1. The Morgan fingerprint density at radius 2 is 2.54 bits per heavy atom. The van der Waals surface area contributed by atoms with Gasteiger partial charge in [-0.15, -0.1) is 0 Å². The molecule has 13 heavy (non-hydrogen) atoms. The van der Waals surface area contributed by atoms with Crippen molar-refractivity contribution in [3.05, 3.63) is 28.2 Å². The average molecular weight is 199 g/mol. The summed E-state index contributed by atoms with van der Waals surface area (Å²) in [6.07, 6.45) is 5.57. The summed E-state index contributed by atoms with van der Waals surface area (Å²) in [6.45, 7) is 0. The Hall–Kier alpha value is -1.30. The molecule has 5 nitrogen and oxygen atoms in total. The van der Waals surface area contributed by atoms with Crippen molar-refractivity contribution < 1.29 is 4.92 Å². The van der Waals surface area contributed by atoms with Crippen LogP contribution in [0, 0.1) is 10.1 Å². The third kappa shape index (κ3) is 2.90. The molecule has 0 fully saturated rings. The quantitative estimate of drug-likeness (QED) is 0.440. The normalized spacial score (nSPS) is 10.8. The van der Waals surface area contributed by atoms with Gasteiger partial charge in [0.2, 0.25) is 5.82 Å². The van der Waals surface area contributed by atoms with Crippen molar-refractivity contribution in [2.24, 2.45) is 0 Å². The van der Waals surface area contributed by atoms with E-state index in [4.69, 9.17) is 0 Å². The summed E-state index contributed by atoms with van der Waals surface area (Å²) in [6, 6.07) is 0. The zero-order chi connectivity index (χ0) is 9.68. The Labute approximate surface area is 80.4 Å². The predicted octanol–water partition coefficient (Wildman–Crippen LogP) is 1.65. The molecule has 1 aromatic heterocycles. The number of H-pyrrole nitrogens is 1. The van der Waals surface area contributed by atoms with E-state index in [1.165, 1.54) is 6.20 Å². The molecule has 0 atom stereocenters. The number of aromatic amines is 1. The summed E-state index contributed by atoms with van der Waals surface area (Å²) in [5, 5.41) is 10.2. The zero-order valence-corrected chi connectivity index (χ0v) is 7.70. The van der Waals surface area contributed by atoms with Gasteiger partial charge in [0.05, 0.1) is 0 Å². The lowest BCUT2D eigenvalue weighted by atomic mass is 10.4. The van der Waals surface area contributed by atoms with Crippen LogP contribution in [0.3, 0.4) is 0 Å². The van der Waals surface area contributed by atoms with Crippen molar-refractivity contribution in [3.63, 3.8) is 0 Å². The minimum absolute atomic E-state index is 0.0921. The molecule has 0 amide bonds. The average Bonchev–Trinajstić information content (AvgIpc) is 2.53. The molecular weight excluding hydrogens is 190 g/mol. The van der Waals surface area contributed by atoms with Gasteiger partial charge < -0.3 is 10.1 Å². The topological polar surface area (TPSA) is 71.8 Å². The van der Waals surface area contributed by atoms with Gasteiger partial charge in [-0.1, -0.05) is 6.08 Å². The van der Waals surface area contributed by atoms with Crippen LogP contribution in [0.15, 0.2) is 12.3 Å². The minimum atomic E-state index is -0.511. The Kier molecular flexibility index (Phi) is 3.51. The molecule has 0 unspecified atom stereocenters. The number of nitrogens with zero attached hydrogens (tertiary/aromatic N) is 2. The smallest absolute Gasteiger partial charge is 0.340 e. The van der Waals surface area contributed by atoms with Crippen LogP contribution in [0.25, 0.3) is 6.08 Å². The van der Waals surface area contributed by atoms with Crippen LogP contribution in [-0.2, 0) is 0 Å². The summed E-state index contributed by atoms with van der Waals surface area (Å²) in [5.41, 5.74) is 0. The Bertz CT molecular complexity index is 321. The molecule has 0 radical (unpaired) electrons. The summed E-state index contributed by atoms with van der Waals surface area (Å²) in [7, 11) is 0. The van der Waals surface area contributed by atoms with Gasteiger partial charge in [-0.2, -0.15) is 12.6 Å². The summed E-state index contributed by atoms with van der Waals surface area (Å²) >= 11 is 4.01. The van der Waals surface area contributed by atoms with E-state index < -0.39 is 4.92 Å². The number of thiol groups is 1. The molecule has 0 aliphatic rings. The van der Waals surface area contributed by atoms with Crippen LogP contribution in [-0.4, -0.2) is 20.6 Å². The largest absolute Gasteiger partial charge is 0.358 e. The first-order chi connectivity index (χ1) is 6.24. The SMILES string of the molecule is O=[N+]([O-])c1cnc(C=CCCS)[nH]1. The van der Waals surface area contributed by atoms with E-state index >= 15 is 0 Å². The molecule has 1 N–H and O–H groups in total. The predicted molar refractivity (Wildman–Crippen MR) is 52.7 cm³/mol. The van der Waals surface area contributed by atoms with Crippen LogP contribution in [0.5, 0.6) is 0 Å². The molecule has 0 aromatic carbocycles. The first-order valence-electron chi connectivity index (χ1n) is 3.71. The van der Waals surface area contributed by atoms with Gasteiger partial charge in [0, 0.05) is 6.08 Å². The van der Waals surface area contributed by atoms with Crippen LogP contribution >= 0.6 is 12.6 Å². The Balaban J connectivity index is 2.64. The molecule has 0 bridgehead atoms. The number of aromatic nitrogens is 2. The third-order valence-electron chi connectivity index (χ3n) is 1.35. The first-order valence-corrected chi connectivity index (χ1v) is 4.34. The second-order valence-electron chi connectivity index (χ2n) is 2.33. The summed E-state index contributed by atoms with van der Waals surface area (Å²) in [5.74, 6) is 1.15. The number of hydrogen-bond donors (Lipinski definition) is 2. The van der Waals surface area contributed by atoms with E-state index in [1.54, 1.807) is 6.08 Å². The number of allylic oxidation sites excluding steroid dienone is 1. The lowest BCUT2D eigenvalue weighted by molar-refractivity contribution is -0.389. The highest BCUT2D eigenvalue weighted by atomic mass is 32.1. The molecular formula is C7H9N3O2S. The number of imidazole rings is 1. The number of rotatable bonds is 4. The third-order valence-corrected chi connectivity index (χ3v) is 1.61. The van der Waals surface area contributed by atoms with Crippen LogP contribution in [0.2, 0.25) is 0 Å². The van der Waals surface area contributed by atoms with Crippen molar-refractivity contribution in [1.29, 1.82) is 0 Å². The zero-order valence-electron chi connectivity index (χ0n) is 6.80. The molecule has 6 heteroatoms. The number of nitrogens with one attached hydrogen (secondary N) is 1. The molecule has 1 aromatic rings. The maximum Gasteiger partial charge on any atom is 0.340 e. The van der Waals surface area contributed by atoms with Crippen molar-refractivity contribution in [2.75, 3.05) is 5.75 Å². The first kappa shape index (κ1) is 9.79. The van der Waals surface area contributed by atoms with Gasteiger partial charge in [0.25, 0.3) is 0 Å². The van der Waals surface area contributed by atoms with E-state index in [9.17, 15) is 10.1 Å². The van der Waals surface area contributed by atoms with Gasteiger partial charge in [0.1, 0.15) is 6.20 Å². The van der Waals surface area contributed by atoms with E-state index in [2.05, 4.69) is 22.6 Å². The fourth-order valence-corrected chi connectivity index (χ4v) is 0.923. The molecule has 0 aliphatic heterocycles. The monoisotopic (exact) mass is 199 g/mol. The van der Waals surface area contributed by atoms with Crippen molar-refractivity contribution in [3.8, 4) is 0 Å². The second-order valence-corrected chi connectivity index (χ2v) is 2.77. The van der Waals surface area contributed by atoms with Gasteiger partial charge >= 0.3 is 5.82 Å². The van der Waals surface area contributed by atoms with Gasteiger partial charge in [-0.25, -0.2) is 9.97 Å². The second kappa shape index (κ2) is 4.66. The van der Waals surface area contributed by atoms with Crippen LogP contribution in [0.1, 0.15) is 12.2 Å². The highest BCUT2D eigenvalue weighted by molar-refractivity contribution is 7.80. The van der Waals surface area contributed by atoms with Crippen molar-refractivity contribution in [2.45, 2.75) is 6.42 Å². The van der Waals surface area contributed by atoms with Crippen molar-refractivity contribution in [1.82, 2.24) is 9.97 Å². The Morgan fingerprint density at radius 3 is 3.08 bits per heavy atom. The summed E-state index contributed by atoms with van der Waals surface area (Å²) < 4.78 is 0. The standard InChI is InChI=1S/C7H9N3O2S/c11-10(12)7-5-8-6(9-7)3-1-2-4-13/h1,3,5,13H,2,4H2,(H,8,9). The lowest BCUT2D eigenvalue weighted by Gasteiger charge is -1.85. The highest BCUT2D eigenvalue weighted by Gasteiger charge is 2.06. The number of nitro groups is 1. The maximum atomic E-state index is 10.2. The van der Waals surface area contributed by atoms with Gasteiger partial charge in [0.15, 0.2) is 0 Å². The van der Waals surface area contributed by atoms with E-state index in [1.807, 2.05) is 6.08 Å². The molecule has 1 rings (SSSR count). The molecule has 0 saturated heterocycles. The highest BCUT2D eigenvalue weighted by Crippen LogP contribution is 2.07. The number of hydrogen-bond acceptors (Lipinski definition) is 4. The van der Waals surface area contributed by atoms with Crippen molar-refractivity contribution >= 4 is 24.5 Å². The Morgan fingerprint density at radius 1 is 1.77 bits per heavy atom. The minimum Gasteiger partial charge on any atom is -0.358 e. The van der Waals surface area contributed by atoms with E-state index in [0.29, 0.717) is 5.82 Å². The maximum absolute atomic E-state index is 10.2. The fourth-order valence-electron chi connectivity index (χ4n) is 0.773. The molecule has 1 heterocycles. The van der Waals surface area contributed by atoms with E-state index in [0.717, 1.165) is 12.2 Å². The molecule has 70 valence electrons. The fraction of sp³-hybridized carbons (Fsp3) is 0.286. The molecule has 0 spiro atoms. The molecule has 0 aliphatic carbocycles. The van der Waals surface area contributed by atoms with E-state index in [-0.39, 0.29) is 5.82 Å². The van der Waals surface area contributed by atoms with Gasteiger partial charge in [-0.05, 0) is 17.1 Å². The van der Waals surface area contributed by atoms with Crippen LogP contribution < -0.4 is 0 Å². The lowest BCUT2D eigenvalue weighted by Crippen LogP contribution is -1.86. The molecule has 0 saturated carbocycles. The van der Waals surface area contributed by atoms with Gasteiger partial charge in [-0.3, -0.25) is 0 Å².